The number of hydrogen-bond donors (Lipinski definition) is 0. The van der Waals surface area contributed by atoms with Crippen molar-refractivity contribution >= 4 is 22.6 Å². The molecule has 0 atom stereocenters. The van der Waals surface area contributed by atoms with Crippen molar-refractivity contribution in [1.29, 1.82) is 0 Å². The second-order valence-electron chi connectivity index (χ2n) is 5.85. The average Bonchev–Trinajstić information content (AvgIpc) is 3.08. The molecule has 4 nitrogen and oxygen atoms in total. The first-order valence-corrected chi connectivity index (χ1v) is 7.98. The molecule has 2 aromatic heterocycles. The molecule has 2 aromatic carbocycles. The highest BCUT2D eigenvalue weighted by molar-refractivity contribution is 6.33. The van der Waals surface area contributed by atoms with Crippen molar-refractivity contribution in [3.63, 3.8) is 0 Å². The Bertz CT molecular complexity index is 1170. The Kier molecular flexibility index (Phi) is 3.77. The molecule has 0 saturated heterocycles. The van der Waals surface area contributed by atoms with Crippen LogP contribution in [0.2, 0.25) is 5.02 Å². The van der Waals surface area contributed by atoms with Gasteiger partial charge in [-0.2, -0.15) is 5.10 Å². The van der Waals surface area contributed by atoms with Gasteiger partial charge in [-0.25, -0.2) is 13.2 Å². The first-order chi connectivity index (χ1) is 12.4. The smallest absolute Gasteiger partial charge is 0.173 e. The third-order valence-electron chi connectivity index (χ3n) is 4.14. The van der Waals surface area contributed by atoms with Crippen molar-refractivity contribution in [3.05, 3.63) is 58.5 Å². The highest BCUT2D eigenvalue weighted by atomic mass is 35.5. The van der Waals surface area contributed by atoms with Gasteiger partial charge in [0.1, 0.15) is 23.1 Å². The fourth-order valence-corrected chi connectivity index (χ4v) is 3.36. The molecular weight excluding hydrogens is 367 g/mol. The van der Waals surface area contributed by atoms with Crippen molar-refractivity contribution in [1.82, 2.24) is 14.9 Å². The minimum absolute atomic E-state index is 0.0208. The molecule has 0 unspecified atom stereocenters. The van der Waals surface area contributed by atoms with Crippen LogP contribution < -0.4 is 0 Å². The van der Waals surface area contributed by atoms with Gasteiger partial charge in [-0.05, 0) is 25.1 Å². The molecule has 132 valence electrons. The van der Waals surface area contributed by atoms with E-state index in [1.165, 1.54) is 22.9 Å². The summed E-state index contributed by atoms with van der Waals surface area (Å²) in [5, 5.41) is 8.48. The molecule has 0 aliphatic carbocycles. The van der Waals surface area contributed by atoms with Gasteiger partial charge in [-0.3, -0.25) is 4.68 Å². The SMILES string of the molecule is Cc1nn(C)c(-c2noc3cc(F)cc(F)c23)c1-c1ccc(F)cc1Cl. The summed E-state index contributed by atoms with van der Waals surface area (Å²) in [5.74, 6) is -2.04. The monoisotopic (exact) mass is 377 g/mol. The maximum absolute atomic E-state index is 14.4. The zero-order valence-corrected chi connectivity index (χ0v) is 14.4. The lowest BCUT2D eigenvalue weighted by Crippen LogP contribution is -1.96. The summed E-state index contributed by atoms with van der Waals surface area (Å²) in [6.07, 6.45) is 0. The quantitative estimate of drug-likeness (QED) is 0.477. The van der Waals surface area contributed by atoms with Crippen LogP contribution in [-0.2, 0) is 7.05 Å². The molecule has 4 rings (SSSR count). The van der Waals surface area contributed by atoms with Crippen LogP contribution in [0.1, 0.15) is 5.69 Å². The molecule has 0 N–H and O–H groups in total. The summed E-state index contributed by atoms with van der Waals surface area (Å²) >= 11 is 6.20. The van der Waals surface area contributed by atoms with Gasteiger partial charge in [0.15, 0.2) is 5.58 Å². The zero-order valence-electron chi connectivity index (χ0n) is 13.6. The summed E-state index contributed by atoms with van der Waals surface area (Å²) < 4.78 is 47.8. The topological polar surface area (TPSA) is 43.9 Å². The average molecular weight is 378 g/mol. The minimum Gasteiger partial charge on any atom is -0.355 e. The Morgan fingerprint density at radius 1 is 1.08 bits per heavy atom. The molecule has 0 saturated carbocycles. The van der Waals surface area contributed by atoms with Crippen LogP contribution in [0.3, 0.4) is 0 Å². The van der Waals surface area contributed by atoms with Gasteiger partial charge < -0.3 is 4.52 Å². The van der Waals surface area contributed by atoms with E-state index in [0.717, 1.165) is 12.1 Å². The number of aromatic nitrogens is 3. The molecule has 2 heterocycles. The second kappa shape index (κ2) is 5.88. The lowest BCUT2D eigenvalue weighted by molar-refractivity contribution is 0.456. The van der Waals surface area contributed by atoms with Crippen molar-refractivity contribution < 1.29 is 17.7 Å². The number of fused-ring (bicyclic) bond motifs is 1. The Labute approximate surface area is 150 Å². The van der Waals surface area contributed by atoms with E-state index < -0.39 is 17.5 Å². The summed E-state index contributed by atoms with van der Waals surface area (Å²) in [5.41, 5.74) is 2.25. The highest BCUT2D eigenvalue weighted by Crippen LogP contribution is 2.40. The van der Waals surface area contributed by atoms with Crippen LogP contribution >= 0.6 is 11.6 Å². The van der Waals surface area contributed by atoms with Crippen molar-refractivity contribution in [2.75, 3.05) is 0 Å². The van der Waals surface area contributed by atoms with Gasteiger partial charge in [-0.15, -0.1) is 0 Å². The zero-order chi connectivity index (χ0) is 18.6. The third-order valence-corrected chi connectivity index (χ3v) is 4.45. The standard InChI is InChI=1S/C18H11ClF3N3O/c1-8-15(11-4-3-9(20)5-12(11)19)18(25(2)23-8)17-16-13(22)6-10(21)7-14(16)26-24-17/h3-7H,1-2H3. The van der Waals surface area contributed by atoms with E-state index in [2.05, 4.69) is 10.3 Å². The first-order valence-electron chi connectivity index (χ1n) is 7.60. The predicted octanol–water partition coefficient (Wildman–Crippen LogP) is 5.27. The molecule has 0 fully saturated rings. The third kappa shape index (κ3) is 2.47. The lowest BCUT2D eigenvalue weighted by Gasteiger charge is -2.07. The van der Waals surface area contributed by atoms with Gasteiger partial charge in [-0.1, -0.05) is 16.8 Å². The number of halogens is 4. The molecule has 8 heteroatoms. The number of nitrogens with zero attached hydrogens (tertiary/aromatic N) is 3. The number of rotatable bonds is 2. The van der Waals surface area contributed by atoms with Crippen molar-refractivity contribution in [2.24, 2.45) is 7.05 Å². The van der Waals surface area contributed by atoms with Gasteiger partial charge in [0.05, 0.1) is 21.8 Å². The van der Waals surface area contributed by atoms with E-state index in [1.54, 1.807) is 14.0 Å². The van der Waals surface area contributed by atoms with E-state index in [9.17, 15) is 13.2 Å². The van der Waals surface area contributed by atoms with Crippen LogP contribution in [0.25, 0.3) is 33.5 Å². The summed E-state index contributed by atoms with van der Waals surface area (Å²) in [6.45, 7) is 1.75. The van der Waals surface area contributed by atoms with E-state index in [0.29, 0.717) is 22.5 Å². The van der Waals surface area contributed by atoms with Crippen molar-refractivity contribution in [3.8, 4) is 22.5 Å². The van der Waals surface area contributed by atoms with Gasteiger partial charge in [0, 0.05) is 30.3 Å². The maximum atomic E-state index is 14.4. The molecule has 4 aromatic rings. The number of hydrogen-bond acceptors (Lipinski definition) is 3. The number of aryl methyl sites for hydroxylation is 2. The molecule has 0 radical (unpaired) electrons. The second-order valence-corrected chi connectivity index (χ2v) is 6.26. The van der Waals surface area contributed by atoms with Gasteiger partial charge in [0.2, 0.25) is 0 Å². The number of benzene rings is 2. The molecule has 0 spiro atoms. The Balaban J connectivity index is 2.05. The molecule has 0 amide bonds. The van der Waals surface area contributed by atoms with Crippen molar-refractivity contribution in [2.45, 2.75) is 6.92 Å². The van der Waals surface area contributed by atoms with Crippen LogP contribution in [0.15, 0.2) is 34.9 Å². The van der Waals surface area contributed by atoms with Crippen LogP contribution in [0, 0.1) is 24.4 Å². The Morgan fingerprint density at radius 2 is 1.85 bits per heavy atom. The molecule has 0 aliphatic rings. The fraction of sp³-hybridized carbons (Fsp3) is 0.111. The highest BCUT2D eigenvalue weighted by Gasteiger charge is 2.25. The normalized spacial score (nSPS) is 11.5. The van der Waals surface area contributed by atoms with E-state index in [1.807, 2.05) is 0 Å². The molecular formula is C18H11ClF3N3O. The molecule has 0 bridgehead atoms. The van der Waals surface area contributed by atoms with E-state index >= 15 is 0 Å². The summed E-state index contributed by atoms with van der Waals surface area (Å²) in [4.78, 5) is 0. The maximum Gasteiger partial charge on any atom is 0.173 e. The van der Waals surface area contributed by atoms with Crippen LogP contribution in [0.4, 0.5) is 13.2 Å². The first kappa shape index (κ1) is 16.7. The van der Waals surface area contributed by atoms with E-state index in [4.69, 9.17) is 16.1 Å². The molecule has 26 heavy (non-hydrogen) atoms. The summed E-state index contributed by atoms with van der Waals surface area (Å²) in [6, 6.07) is 5.79. The fourth-order valence-electron chi connectivity index (χ4n) is 3.10. The van der Waals surface area contributed by atoms with Gasteiger partial charge in [0.25, 0.3) is 0 Å². The molecule has 0 aliphatic heterocycles. The van der Waals surface area contributed by atoms with Crippen LogP contribution in [-0.4, -0.2) is 14.9 Å². The van der Waals surface area contributed by atoms with E-state index in [-0.39, 0.29) is 21.7 Å². The largest absolute Gasteiger partial charge is 0.355 e. The summed E-state index contributed by atoms with van der Waals surface area (Å²) in [7, 11) is 1.66. The van der Waals surface area contributed by atoms with Gasteiger partial charge >= 0.3 is 0 Å². The Morgan fingerprint density at radius 3 is 2.58 bits per heavy atom. The lowest BCUT2D eigenvalue weighted by atomic mass is 10.00. The Hall–Kier alpha value is -2.80. The minimum atomic E-state index is -0.800. The van der Waals surface area contributed by atoms with Crippen LogP contribution in [0.5, 0.6) is 0 Å². The predicted molar refractivity (Wildman–Crippen MR) is 91.3 cm³/mol.